The fourth-order valence-corrected chi connectivity index (χ4v) is 1.93. The third-order valence-electron chi connectivity index (χ3n) is 2.91. The number of amides is 1. The molecule has 1 rings (SSSR count). The molecule has 0 radical (unpaired) electrons. The van der Waals surface area contributed by atoms with Gasteiger partial charge in [0.25, 0.3) is 0 Å². The van der Waals surface area contributed by atoms with Gasteiger partial charge in [0.05, 0.1) is 6.61 Å². The van der Waals surface area contributed by atoms with Gasteiger partial charge in [-0.2, -0.15) is 0 Å². The highest BCUT2D eigenvalue weighted by molar-refractivity contribution is 5.86. The number of aliphatic hydroxyl groups is 1. The van der Waals surface area contributed by atoms with Gasteiger partial charge in [0.15, 0.2) is 0 Å². The molecule has 1 heterocycles. The molecule has 1 aliphatic rings. The first-order valence-corrected chi connectivity index (χ1v) is 6.30. The maximum Gasteiger partial charge on any atom is 0.328 e. The first-order chi connectivity index (χ1) is 8.15. The Morgan fingerprint density at radius 2 is 2.00 bits per heavy atom. The number of carbonyl (C=O) groups excluding carboxylic acids is 2. The zero-order valence-electron chi connectivity index (χ0n) is 10.3. The lowest BCUT2D eigenvalue weighted by Crippen LogP contribution is -2.46. The minimum atomic E-state index is -1.01. The topological polar surface area (TPSA) is 75.6 Å². The summed E-state index contributed by atoms with van der Waals surface area (Å²) in [7, 11) is 0. The average molecular weight is 243 g/mol. The number of carbonyl (C=O) groups is 2. The number of rotatable bonds is 2. The Kier molecular flexibility index (Phi) is 5.97. The highest BCUT2D eigenvalue weighted by Gasteiger charge is 2.25. The lowest BCUT2D eigenvalue weighted by Gasteiger charge is -2.20. The van der Waals surface area contributed by atoms with Crippen LogP contribution in [0.3, 0.4) is 0 Å². The third-order valence-corrected chi connectivity index (χ3v) is 2.91. The zero-order chi connectivity index (χ0) is 12.7. The minimum Gasteiger partial charge on any atom is -0.464 e. The van der Waals surface area contributed by atoms with Crippen LogP contribution in [0.15, 0.2) is 0 Å². The molecule has 5 nitrogen and oxygen atoms in total. The molecule has 2 atom stereocenters. The average Bonchev–Trinajstić information content (AvgIpc) is 2.31. The molecule has 0 saturated carbocycles. The van der Waals surface area contributed by atoms with Crippen molar-refractivity contribution in [3.05, 3.63) is 0 Å². The normalized spacial score (nSPS) is 27.1. The summed E-state index contributed by atoms with van der Waals surface area (Å²) < 4.78 is 4.90. The van der Waals surface area contributed by atoms with Crippen molar-refractivity contribution < 1.29 is 19.4 Å². The van der Waals surface area contributed by atoms with E-state index in [1.807, 2.05) is 0 Å². The summed E-state index contributed by atoms with van der Waals surface area (Å²) in [4.78, 5) is 23.2. The molecular formula is C12H21NO4. The Labute approximate surface area is 102 Å². The van der Waals surface area contributed by atoms with Crippen LogP contribution in [0.2, 0.25) is 0 Å². The summed E-state index contributed by atoms with van der Waals surface area (Å²) in [5.41, 5.74) is 0. The van der Waals surface area contributed by atoms with Crippen molar-refractivity contribution in [2.45, 2.75) is 57.6 Å². The number of hydrogen-bond donors (Lipinski definition) is 2. The Balaban J connectivity index is 2.59. The second-order valence-electron chi connectivity index (χ2n) is 4.32. The molecule has 0 aromatic rings. The van der Waals surface area contributed by atoms with E-state index >= 15 is 0 Å². The fraction of sp³-hybridized carbons (Fsp3) is 0.833. The zero-order valence-corrected chi connectivity index (χ0v) is 10.3. The number of hydrogen-bond acceptors (Lipinski definition) is 4. The molecular weight excluding hydrogens is 222 g/mol. The van der Waals surface area contributed by atoms with E-state index in [0.29, 0.717) is 19.4 Å². The summed E-state index contributed by atoms with van der Waals surface area (Å²) >= 11 is 0. The van der Waals surface area contributed by atoms with Gasteiger partial charge in [0, 0.05) is 0 Å². The van der Waals surface area contributed by atoms with E-state index in [9.17, 15) is 14.7 Å². The molecule has 98 valence electrons. The maximum absolute atomic E-state index is 11.6. The monoisotopic (exact) mass is 243 g/mol. The molecule has 1 aliphatic heterocycles. The molecule has 0 aromatic heterocycles. The molecule has 0 spiro atoms. The van der Waals surface area contributed by atoms with E-state index in [0.717, 1.165) is 25.7 Å². The Hall–Kier alpha value is -1.10. The third kappa shape index (κ3) is 4.73. The number of aliphatic hydroxyl groups excluding tert-OH is 1. The van der Waals surface area contributed by atoms with E-state index in [2.05, 4.69) is 5.32 Å². The van der Waals surface area contributed by atoms with Gasteiger partial charge in [-0.15, -0.1) is 0 Å². The second kappa shape index (κ2) is 7.27. The van der Waals surface area contributed by atoms with Gasteiger partial charge in [-0.05, 0) is 19.8 Å². The van der Waals surface area contributed by atoms with Crippen molar-refractivity contribution in [3.63, 3.8) is 0 Å². The molecule has 5 heteroatoms. The molecule has 0 unspecified atom stereocenters. The summed E-state index contributed by atoms with van der Waals surface area (Å²) in [6.45, 7) is 2.03. The molecule has 1 saturated heterocycles. The van der Waals surface area contributed by atoms with Crippen LogP contribution in [0.4, 0.5) is 0 Å². The summed E-state index contributed by atoms with van der Waals surface area (Å²) in [6, 6.07) is -0.616. The van der Waals surface area contributed by atoms with Crippen molar-refractivity contribution in [1.82, 2.24) is 5.32 Å². The van der Waals surface area contributed by atoms with Gasteiger partial charge in [-0.3, -0.25) is 4.79 Å². The van der Waals surface area contributed by atoms with Crippen molar-refractivity contribution >= 4 is 11.9 Å². The van der Waals surface area contributed by atoms with E-state index in [-0.39, 0.29) is 0 Å². The van der Waals surface area contributed by atoms with E-state index in [4.69, 9.17) is 4.74 Å². The maximum atomic E-state index is 11.6. The molecule has 17 heavy (non-hydrogen) atoms. The van der Waals surface area contributed by atoms with Crippen LogP contribution in [0.1, 0.15) is 45.4 Å². The summed E-state index contributed by atoms with van der Waals surface area (Å²) in [5, 5.41) is 12.1. The van der Waals surface area contributed by atoms with Crippen LogP contribution in [-0.2, 0) is 14.3 Å². The van der Waals surface area contributed by atoms with E-state index < -0.39 is 24.0 Å². The molecule has 1 amide bonds. The van der Waals surface area contributed by atoms with Gasteiger partial charge >= 0.3 is 5.97 Å². The van der Waals surface area contributed by atoms with Crippen molar-refractivity contribution in [2.24, 2.45) is 0 Å². The molecule has 2 N–H and O–H groups in total. The van der Waals surface area contributed by atoms with Crippen LogP contribution in [0.5, 0.6) is 0 Å². The number of ether oxygens (including phenoxy) is 1. The Morgan fingerprint density at radius 1 is 1.35 bits per heavy atom. The summed E-state index contributed by atoms with van der Waals surface area (Å²) in [5.74, 6) is -0.876. The smallest absolute Gasteiger partial charge is 0.328 e. The van der Waals surface area contributed by atoms with Crippen LogP contribution in [0.25, 0.3) is 0 Å². The Morgan fingerprint density at radius 3 is 2.65 bits per heavy atom. The predicted molar refractivity (Wildman–Crippen MR) is 62.3 cm³/mol. The van der Waals surface area contributed by atoms with Gasteiger partial charge < -0.3 is 15.2 Å². The van der Waals surface area contributed by atoms with Crippen molar-refractivity contribution in [1.29, 1.82) is 0 Å². The van der Waals surface area contributed by atoms with E-state index in [1.54, 1.807) is 6.92 Å². The second-order valence-corrected chi connectivity index (χ2v) is 4.32. The minimum absolute atomic E-state index is 0.299. The van der Waals surface area contributed by atoms with Crippen molar-refractivity contribution in [2.75, 3.05) is 6.61 Å². The number of esters is 1. The van der Waals surface area contributed by atoms with Crippen molar-refractivity contribution in [3.8, 4) is 0 Å². The fourth-order valence-electron chi connectivity index (χ4n) is 1.93. The first-order valence-electron chi connectivity index (χ1n) is 6.30. The molecule has 0 aliphatic carbocycles. The Bertz CT molecular complexity index is 267. The highest BCUT2D eigenvalue weighted by Crippen LogP contribution is 2.12. The van der Waals surface area contributed by atoms with Gasteiger partial charge in [-0.1, -0.05) is 25.7 Å². The van der Waals surface area contributed by atoms with Crippen LogP contribution in [-0.4, -0.2) is 35.7 Å². The lowest BCUT2D eigenvalue weighted by atomic mass is 10.0. The first kappa shape index (κ1) is 14.0. The molecule has 1 fully saturated rings. The van der Waals surface area contributed by atoms with Crippen LogP contribution < -0.4 is 5.32 Å². The van der Waals surface area contributed by atoms with Crippen LogP contribution >= 0.6 is 0 Å². The largest absolute Gasteiger partial charge is 0.464 e. The molecule has 0 aromatic carbocycles. The highest BCUT2D eigenvalue weighted by atomic mass is 16.5. The number of nitrogens with one attached hydrogen (secondary N) is 1. The lowest BCUT2D eigenvalue weighted by molar-refractivity contribution is -0.148. The van der Waals surface area contributed by atoms with Crippen LogP contribution in [0, 0.1) is 0 Å². The van der Waals surface area contributed by atoms with Gasteiger partial charge in [0.2, 0.25) is 5.91 Å². The van der Waals surface area contributed by atoms with E-state index in [1.165, 1.54) is 0 Å². The summed E-state index contributed by atoms with van der Waals surface area (Å²) in [6.07, 6.45) is 3.76. The molecule has 0 bridgehead atoms. The quantitative estimate of drug-likeness (QED) is 0.702. The van der Waals surface area contributed by atoms with Gasteiger partial charge in [-0.25, -0.2) is 4.79 Å². The standard InChI is InChI=1S/C12H21NO4/c1-2-17-12(16)9-7-5-3-4-6-8-10(14)11(15)13-9/h9-10,14H,2-8H2,1H3,(H,13,15)/t9-,10-/m0/s1. The van der Waals surface area contributed by atoms with Gasteiger partial charge in [0.1, 0.15) is 12.1 Å². The SMILES string of the molecule is CCOC(=O)[C@@H]1CCCCCC[C@H](O)C(=O)N1. The predicted octanol–water partition coefficient (Wildman–Crippen LogP) is 0.749.